The number of aromatic nitrogens is 4. The maximum absolute atomic E-state index is 5.13. The van der Waals surface area contributed by atoms with Gasteiger partial charge in [-0.3, -0.25) is 4.98 Å². The Morgan fingerprint density at radius 1 is 0.444 bits per heavy atom. The van der Waals surface area contributed by atoms with Crippen molar-refractivity contribution >= 4 is 22.5 Å². The van der Waals surface area contributed by atoms with Crippen LogP contribution in [0.15, 0.2) is 199 Å². The Morgan fingerprint density at radius 3 is 1.81 bits per heavy atom. The molecule has 0 bridgehead atoms. The highest BCUT2D eigenvalue weighted by Gasteiger charge is 2.44. The van der Waals surface area contributed by atoms with Gasteiger partial charge in [0.05, 0.1) is 5.41 Å². The number of nitrogens with zero attached hydrogens (tertiary/aromatic N) is 4. The lowest BCUT2D eigenvalue weighted by Gasteiger charge is -2.32. The van der Waals surface area contributed by atoms with E-state index in [1.165, 1.54) is 49.2 Å². The van der Waals surface area contributed by atoms with E-state index >= 15 is 0 Å². The molecule has 1 unspecified atom stereocenters. The minimum atomic E-state index is -0.612. The van der Waals surface area contributed by atoms with Gasteiger partial charge in [-0.1, -0.05) is 163 Å². The zero-order valence-corrected chi connectivity index (χ0v) is 30.0. The highest BCUT2D eigenvalue weighted by atomic mass is 32.2. The molecule has 6 aromatic carbocycles. The van der Waals surface area contributed by atoms with E-state index in [2.05, 4.69) is 126 Å². The minimum absolute atomic E-state index is 0.612. The van der Waals surface area contributed by atoms with Crippen molar-refractivity contribution in [1.29, 1.82) is 0 Å². The highest BCUT2D eigenvalue weighted by Crippen LogP contribution is 2.57. The highest BCUT2D eigenvalue weighted by molar-refractivity contribution is 8.02. The Bertz CT molecular complexity index is 2740. The normalized spacial score (nSPS) is 16.1. The van der Waals surface area contributed by atoms with Crippen LogP contribution in [-0.2, 0) is 5.41 Å². The van der Waals surface area contributed by atoms with E-state index in [4.69, 9.17) is 15.0 Å². The van der Waals surface area contributed by atoms with Gasteiger partial charge in [0, 0.05) is 39.4 Å². The zero-order chi connectivity index (χ0) is 35.9. The fraction of sp³-hybridized carbons (Fsp3) is 0.0204. The molecule has 1 aliphatic heterocycles. The van der Waals surface area contributed by atoms with Gasteiger partial charge >= 0.3 is 0 Å². The van der Waals surface area contributed by atoms with Gasteiger partial charge in [-0.05, 0) is 74.0 Å². The van der Waals surface area contributed by atoms with Crippen LogP contribution in [0.3, 0.4) is 0 Å². The number of rotatable bonds is 4. The third-order valence-electron chi connectivity index (χ3n) is 10.4. The molecule has 254 valence electrons. The second-order valence-electron chi connectivity index (χ2n) is 13.5. The number of thioether (sulfide) groups is 1. The first-order chi connectivity index (χ1) is 26.8. The van der Waals surface area contributed by atoms with Gasteiger partial charge in [0.2, 0.25) is 0 Å². The molecule has 3 heterocycles. The Hall–Kier alpha value is -6.69. The Morgan fingerprint density at radius 2 is 1.07 bits per heavy atom. The molecule has 5 heteroatoms. The summed E-state index contributed by atoms with van der Waals surface area (Å²) in [5.41, 5.74) is 10.6. The van der Waals surface area contributed by atoms with Crippen molar-refractivity contribution in [1.82, 2.24) is 19.9 Å². The lowest BCUT2D eigenvalue weighted by atomic mass is 9.71. The molecule has 1 spiro atoms. The smallest absolute Gasteiger partial charge is 0.164 e. The van der Waals surface area contributed by atoms with Crippen molar-refractivity contribution < 1.29 is 0 Å². The summed E-state index contributed by atoms with van der Waals surface area (Å²) in [6.07, 6.45) is 14.7. The molecular weight excluding hydrogens is 677 g/mol. The van der Waals surface area contributed by atoms with E-state index in [1.54, 1.807) is 11.8 Å². The van der Waals surface area contributed by atoms with Crippen LogP contribution >= 0.6 is 11.8 Å². The van der Waals surface area contributed by atoms with Crippen molar-refractivity contribution in [2.75, 3.05) is 0 Å². The number of pyridine rings is 1. The first-order valence-electron chi connectivity index (χ1n) is 18.0. The summed E-state index contributed by atoms with van der Waals surface area (Å²) in [5.74, 6) is 1.92. The molecule has 0 fully saturated rings. The van der Waals surface area contributed by atoms with Crippen molar-refractivity contribution in [3.05, 3.63) is 210 Å². The SMILES string of the molecule is C1=C/C=C/C2(c3ccccc3SC=C1)c1cc(-c3nc(-c4ccccc4)nc(-c4ccccc4)n3)ccc1-c1ccc(-c3cccc4cnccc34)cc12. The summed E-state index contributed by atoms with van der Waals surface area (Å²) < 4.78 is 0. The molecule has 1 aliphatic carbocycles. The number of hydrogen-bond donors (Lipinski definition) is 0. The van der Waals surface area contributed by atoms with E-state index in [0.29, 0.717) is 17.5 Å². The van der Waals surface area contributed by atoms with Crippen molar-refractivity contribution in [3.63, 3.8) is 0 Å². The number of allylic oxidation sites excluding steroid dienone is 5. The monoisotopic (exact) mass is 708 g/mol. The number of benzene rings is 6. The van der Waals surface area contributed by atoms with Crippen LogP contribution in [0.2, 0.25) is 0 Å². The standard InChI is InChI=1S/C49H32N4S/c1-2-12-29-54-45-21-10-9-20-42(45)49(27-11-1)43-30-35(38-19-13-18-37-32-50-28-26-39(37)38)22-24-40(43)41-25-23-36(31-44(41)49)48-52-46(33-14-5-3-6-15-33)51-47(53-48)34-16-7-4-8-17-34/h1-32H/b2-1?,27-11+,29-12?. The topological polar surface area (TPSA) is 51.6 Å². The molecule has 54 heavy (non-hydrogen) atoms. The molecule has 0 amide bonds. The summed E-state index contributed by atoms with van der Waals surface area (Å²) in [5, 5.41) is 4.47. The summed E-state index contributed by atoms with van der Waals surface area (Å²) in [6, 6.07) is 51.4. The lowest BCUT2D eigenvalue weighted by molar-refractivity contribution is 0.783. The van der Waals surface area contributed by atoms with E-state index in [0.717, 1.165) is 22.1 Å². The second-order valence-corrected chi connectivity index (χ2v) is 14.4. The lowest BCUT2D eigenvalue weighted by Crippen LogP contribution is -2.25. The van der Waals surface area contributed by atoms with Gasteiger partial charge in [0.1, 0.15) is 0 Å². The molecule has 0 N–H and O–H groups in total. The fourth-order valence-corrected chi connectivity index (χ4v) is 8.74. The fourth-order valence-electron chi connectivity index (χ4n) is 7.92. The number of fused-ring (bicyclic) bond motifs is 8. The van der Waals surface area contributed by atoms with Crippen LogP contribution < -0.4 is 0 Å². The third kappa shape index (κ3) is 5.40. The predicted molar refractivity (Wildman–Crippen MR) is 222 cm³/mol. The maximum Gasteiger partial charge on any atom is 0.164 e. The maximum atomic E-state index is 5.13. The summed E-state index contributed by atoms with van der Waals surface area (Å²) in [6.45, 7) is 0. The Kier molecular flexibility index (Phi) is 7.93. The molecule has 2 aromatic heterocycles. The number of hydrogen-bond acceptors (Lipinski definition) is 5. The largest absolute Gasteiger partial charge is 0.264 e. The Labute approximate surface area is 318 Å². The van der Waals surface area contributed by atoms with Gasteiger partial charge in [-0.15, -0.1) is 0 Å². The van der Waals surface area contributed by atoms with Crippen molar-refractivity contribution in [3.8, 4) is 56.4 Å². The molecule has 0 saturated heterocycles. The summed E-state index contributed by atoms with van der Waals surface area (Å²) in [4.78, 5) is 20.8. The van der Waals surface area contributed by atoms with Crippen LogP contribution in [0.5, 0.6) is 0 Å². The predicted octanol–water partition coefficient (Wildman–Crippen LogP) is 12.1. The van der Waals surface area contributed by atoms with Gasteiger partial charge in [0.25, 0.3) is 0 Å². The van der Waals surface area contributed by atoms with E-state index in [1.807, 2.05) is 73.1 Å². The van der Waals surface area contributed by atoms with Crippen LogP contribution in [0, 0.1) is 0 Å². The first kappa shape index (κ1) is 32.0. The van der Waals surface area contributed by atoms with Crippen molar-refractivity contribution in [2.24, 2.45) is 0 Å². The van der Waals surface area contributed by atoms with Gasteiger partial charge in [0.15, 0.2) is 17.5 Å². The summed E-state index contributed by atoms with van der Waals surface area (Å²) >= 11 is 1.75. The van der Waals surface area contributed by atoms with Crippen LogP contribution in [0.1, 0.15) is 16.7 Å². The van der Waals surface area contributed by atoms with Gasteiger partial charge in [-0.25, -0.2) is 15.0 Å². The van der Waals surface area contributed by atoms with Crippen LogP contribution in [-0.4, -0.2) is 19.9 Å². The quantitative estimate of drug-likeness (QED) is 0.182. The molecule has 0 radical (unpaired) electrons. The average molecular weight is 709 g/mol. The molecule has 4 nitrogen and oxygen atoms in total. The summed E-state index contributed by atoms with van der Waals surface area (Å²) in [7, 11) is 0. The van der Waals surface area contributed by atoms with Gasteiger partial charge in [-0.2, -0.15) is 0 Å². The van der Waals surface area contributed by atoms with Crippen LogP contribution in [0.25, 0.3) is 67.2 Å². The second kappa shape index (κ2) is 13.4. The molecule has 8 aromatic rings. The first-order valence-corrected chi connectivity index (χ1v) is 18.9. The van der Waals surface area contributed by atoms with E-state index in [9.17, 15) is 0 Å². The molecule has 0 saturated carbocycles. The average Bonchev–Trinajstić information content (AvgIpc) is 3.52. The van der Waals surface area contributed by atoms with Crippen LogP contribution in [0.4, 0.5) is 0 Å². The molecule has 1 atom stereocenters. The minimum Gasteiger partial charge on any atom is -0.264 e. The third-order valence-corrected chi connectivity index (χ3v) is 11.3. The van der Waals surface area contributed by atoms with Gasteiger partial charge < -0.3 is 0 Å². The Balaban J connectivity index is 1.24. The molecule has 10 rings (SSSR count). The van der Waals surface area contributed by atoms with E-state index < -0.39 is 5.41 Å². The zero-order valence-electron chi connectivity index (χ0n) is 29.2. The molecular formula is C49H32N4S. The molecule has 2 aliphatic rings. The van der Waals surface area contributed by atoms with E-state index in [-0.39, 0.29) is 0 Å². The van der Waals surface area contributed by atoms with Crippen molar-refractivity contribution in [2.45, 2.75) is 10.3 Å².